The number of carbonyl (C=O) groups is 2. The molecule has 1 aliphatic rings. The van der Waals surface area contributed by atoms with Gasteiger partial charge in [-0.3, -0.25) is 4.79 Å². The number of esters is 1. The van der Waals surface area contributed by atoms with Gasteiger partial charge in [0.1, 0.15) is 12.6 Å². The molecule has 1 fully saturated rings. The first-order valence-electron chi connectivity index (χ1n) is 6.09. The predicted octanol–water partition coefficient (Wildman–Crippen LogP) is 1.39. The van der Waals surface area contributed by atoms with Crippen molar-refractivity contribution < 1.29 is 14.3 Å². The summed E-state index contributed by atoms with van der Waals surface area (Å²) < 4.78 is 5.12. The molecule has 2 atom stereocenters. The summed E-state index contributed by atoms with van der Waals surface area (Å²) >= 11 is 0. The SMILES string of the molecule is CC(=O)N1C(Cc2ccccc2)COC(=O)[C@@H]1C. The fourth-order valence-electron chi connectivity index (χ4n) is 2.38. The topological polar surface area (TPSA) is 46.6 Å². The lowest BCUT2D eigenvalue weighted by Crippen LogP contribution is -2.56. The van der Waals surface area contributed by atoms with Crippen molar-refractivity contribution in [1.29, 1.82) is 0 Å². The van der Waals surface area contributed by atoms with Crippen LogP contribution in [0.25, 0.3) is 0 Å². The van der Waals surface area contributed by atoms with Crippen molar-refractivity contribution in [1.82, 2.24) is 4.90 Å². The van der Waals surface area contributed by atoms with Crippen molar-refractivity contribution in [3.05, 3.63) is 35.9 Å². The van der Waals surface area contributed by atoms with Gasteiger partial charge in [-0.2, -0.15) is 0 Å². The molecule has 1 saturated heterocycles. The Morgan fingerprint density at radius 2 is 2.06 bits per heavy atom. The molecule has 1 amide bonds. The third-order valence-corrected chi connectivity index (χ3v) is 3.25. The van der Waals surface area contributed by atoms with E-state index >= 15 is 0 Å². The van der Waals surface area contributed by atoms with Crippen LogP contribution in [0.3, 0.4) is 0 Å². The van der Waals surface area contributed by atoms with Crippen LogP contribution < -0.4 is 0 Å². The van der Waals surface area contributed by atoms with Crippen LogP contribution >= 0.6 is 0 Å². The van der Waals surface area contributed by atoms with Gasteiger partial charge in [-0.15, -0.1) is 0 Å². The van der Waals surface area contributed by atoms with Crippen molar-refractivity contribution in [2.45, 2.75) is 32.4 Å². The number of rotatable bonds is 2. The first kappa shape index (κ1) is 12.6. The molecule has 0 N–H and O–H groups in total. The van der Waals surface area contributed by atoms with E-state index in [2.05, 4.69) is 0 Å². The van der Waals surface area contributed by atoms with E-state index in [4.69, 9.17) is 4.74 Å². The molecule has 4 nitrogen and oxygen atoms in total. The Morgan fingerprint density at radius 1 is 1.39 bits per heavy atom. The van der Waals surface area contributed by atoms with Crippen LogP contribution in [0.1, 0.15) is 19.4 Å². The zero-order valence-electron chi connectivity index (χ0n) is 10.6. The van der Waals surface area contributed by atoms with Crippen molar-refractivity contribution in [3.63, 3.8) is 0 Å². The summed E-state index contributed by atoms with van der Waals surface area (Å²) in [5.41, 5.74) is 1.14. The second-order valence-electron chi connectivity index (χ2n) is 4.58. The molecule has 1 aromatic rings. The average molecular weight is 247 g/mol. The Bertz CT molecular complexity index is 444. The summed E-state index contributed by atoms with van der Waals surface area (Å²) in [7, 11) is 0. The van der Waals surface area contributed by atoms with Gasteiger partial charge in [0.2, 0.25) is 5.91 Å². The molecular weight excluding hydrogens is 230 g/mol. The van der Waals surface area contributed by atoms with Gasteiger partial charge >= 0.3 is 5.97 Å². The summed E-state index contributed by atoms with van der Waals surface area (Å²) in [6.07, 6.45) is 0.706. The van der Waals surface area contributed by atoms with Gasteiger partial charge in [-0.05, 0) is 18.9 Å². The summed E-state index contributed by atoms with van der Waals surface area (Å²) in [6, 6.07) is 9.34. The Morgan fingerprint density at radius 3 is 2.67 bits per heavy atom. The highest BCUT2D eigenvalue weighted by atomic mass is 16.5. The molecule has 1 aliphatic heterocycles. The number of cyclic esters (lactones) is 1. The van der Waals surface area contributed by atoms with Crippen molar-refractivity contribution in [3.8, 4) is 0 Å². The van der Waals surface area contributed by atoms with E-state index in [9.17, 15) is 9.59 Å². The van der Waals surface area contributed by atoms with Crippen LogP contribution in [0.4, 0.5) is 0 Å². The fraction of sp³-hybridized carbons (Fsp3) is 0.429. The van der Waals surface area contributed by atoms with Gasteiger partial charge in [-0.1, -0.05) is 30.3 Å². The molecule has 0 aromatic heterocycles. The van der Waals surface area contributed by atoms with Gasteiger partial charge in [-0.25, -0.2) is 4.79 Å². The minimum atomic E-state index is -0.495. The number of nitrogens with zero attached hydrogens (tertiary/aromatic N) is 1. The fourth-order valence-corrected chi connectivity index (χ4v) is 2.38. The van der Waals surface area contributed by atoms with Gasteiger partial charge in [0, 0.05) is 6.92 Å². The largest absolute Gasteiger partial charge is 0.462 e. The molecule has 1 heterocycles. The molecule has 2 rings (SSSR count). The molecule has 0 bridgehead atoms. The van der Waals surface area contributed by atoms with Crippen LogP contribution in [0.2, 0.25) is 0 Å². The summed E-state index contributed by atoms with van der Waals surface area (Å²) in [5, 5.41) is 0. The van der Waals surface area contributed by atoms with Crippen molar-refractivity contribution >= 4 is 11.9 Å². The lowest BCUT2D eigenvalue weighted by molar-refractivity contribution is -0.167. The molecule has 1 aromatic carbocycles. The summed E-state index contributed by atoms with van der Waals surface area (Å²) in [6.45, 7) is 3.48. The second-order valence-corrected chi connectivity index (χ2v) is 4.58. The normalized spacial score (nSPS) is 23.7. The number of carbonyl (C=O) groups excluding carboxylic acids is 2. The van der Waals surface area contributed by atoms with Crippen LogP contribution in [-0.4, -0.2) is 35.5 Å². The molecular formula is C14H17NO3. The molecule has 18 heavy (non-hydrogen) atoms. The molecule has 4 heteroatoms. The number of amides is 1. The number of hydrogen-bond donors (Lipinski definition) is 0. The van der Waals surface area contributed by atoms with E-state index in [0.29, 0.717) is 6.42 Å². The van der Waals surface area contributed by atoms with Gasteiger partial charge in [0.05, 0.1) is 6.04 Å². The lowest BCUT2D eigenvalue weighted by atomic mass is 10.0. The maximum Gasteiger partial charge on any atom is 0.328 e. The van der Waals surface area contributed by atoms with E-state index in [0.717, 1.165) is 5.56 Å². The summed E-state index contributed by atoms with van der Waals surface area (Å²) in [4.78, 5) is 24.8. The molecule has 1 unspecified atom stereocenters. The molecule has 0 saturated carbocycles. The van der Waals surface area contributed by atoms with Crippen molar-refractivity contribution in [2.24, 2.45) is 0 Å². The third kappa shape index (κ3) is 2.53. The first-order valence-corrected chi connectivity index (χ1v) is 6.09. The predicted molar refractivity (Wildman–Crippen MR) is 66.9 cm³/mol. The summed E-state index contributed by atoms with van der Waals surface area (Å²) in [5.74, 6) is -0.408. The van der Waals surface area contributed by atoms with E-state index in [1.807, 2.05) is 30.3 Å². The Kier molecular flexibility index (Phi) is 3.65. The van der Waals surface area contributed by atoms with Crippen molar-refractivity contribution in [2.75, 3.05) is 6.61 Å². The quantitative estimate of drug-likeness (QED) is 0.742. The van der Waals surface area contributed by atoms with E-state index in [1.165, 1.54) is 6.92 Å². The minimum Gasteiger partial charge on any atom is -0.462 e. The molecule has 96 valence electrons. The smallest absolute Gasteiger partial charge is 0.328 e. The number of hydrogen-bond acceptors (Lipinski definition) is 3. The van der Waals surface area contributed by atoms with Gasteiger partial charge < -0.3 is 9.64 Å². The van der Waals surface area contributed by atoms with E-state index < -0.39 is 6.04 Å². The maximum absolute atomic E-state index is 11.7. The number of morpholine rings is 1. The van der Waals surface area contributed by atoms with Crippen LogP contribution in [0, 0.1) is 0 Å². The van der Waals surface area contributed by atoms with Crippen LogP contribution in [-0.2, 0) is 20.7 Å². The van der Waals surface area contributed by atoms with Gasteiger partial charge in [0.25, 0.3) is 0 Å². The Hall–Kier alpha value is -1.84. The standard InChI is InChI=1S/C14H17NO3/c1-10-14(17)18-9-13(15(10)11(2)16)8-12-6-4-3-5-7-12/h3-7,10,13H,8-9H2,1-2H3/t10-,13?/m0/s1. The maximum atomic E-state index is 11.7. The van der Waals surface area contributed by atoms with Crippen LogP contribution in [0.15, 0.2) is 30.3 Å². The number of ether oxygens (including phenoxy) is 1. The molecule has 0 radical (unpaired) electrons. The van der Waals surface area contributed by atoms with E-state index in [1.54, 1.807) is 11.8 Å². The minimum absolute atomic E-state index is 0.0717. The van der Waals surface area contributed by atoms with E-state index in [-0.39, 0.29) is 24.5 Å². The highest BCUT2D eigenvalue weighted by molar-refractivity contribution is 5.84. The molecule has 0 spiro atoms. The second kappa shape index (κ2) is 5.21. The van der Waals surface area contributed by atoms with Gasteiger partial charge in [0.15, 0.2) is 0 Å². The Balaban J connectivity index is 2.15. The molecule has 0 aliphatic carbocycles. The third-order valence-electron chi connectivity index (χ3n) is 3.25. The highest BCUT2D eigenvalue weighted by Gasteiger charge is 2.36. The highest BCUT2D eigenvalue weighted by Crippen LogP contribution is 2.18. The zero-order chi connectivity index (χ0) is 13.1. The zero-order valence-corrected chi connectivity index (χ0v) is 10.6. The Labute approximate surface area is 107 Å². The first-order chi connectivity index (χ1) is 8.59. The van der Waals surface area contributed by atoms with Crippen LogP contribution in [0.5, 0.6) is 0 Å². The monoisotopic (exact) mass is 247 g/mol. The lowest BCUT2D eigenvalue weighted by Gasteiger charge is -2.38. The average Bonchev–Trinajstić information content (AvgIpc) is 2.35. The number of benzene rings is 1.